The zero-order valence-corrected chi connectivity index (χ0v) is 17.3. The second-order valence-corrected chi connectivity index (χ2v) is 8.56. The lowest BCUT2D eigenvalue weighted by Gasteiger charge is -2.38. The molecule has 0 spiro atoms. The van der Waals surface area contributed by atoms with E-state index in [0.717, 1.165) is 24.1 Å². The molecule has 0 aromatic heterocycles. The van der Waals surface area contributed by atoms with Gasteiger partial charge in [0.25, 0.3) is 0 Å². The maximum Gasteiger partial charge on any atom is 0.237 e. The minimum atomic E-state index is -0.286. The lowest BCUT2D eigenvalue weighted by Crippen LogP contribution is -2.56. The number of nitrogens with zero attached hydrogens (tertiary/aromatic N) is 3. The molecule has 7 nitrogen and oxygen atoms in total. The summed E-state index contributed by atoms with van der Waals surface area (Å²) in [4.78, 5) is 43.5. The van der Waals surface area contributed by atoms with Crippen molar-refractivity contribution in [2.75, 3.05) is 37.6 Å². The fourth-order valence-corrected chi connectivity index (χ4v) is 4.15. The third kappa shape index (κ3) is 4.45. The van der Waals surface area contributed by atoms with Crippen molar-refractivity contribution in [1.29, 1.82) is 0 Å². The zero-order valence-electron chi connectivity index (χ0n) is 17.3. The van der Waals surface area contributed by atoms with Gasteiger partial charge in [0.15, 0.2) is 0 Å². The van der Waals surface area contributed by atoms with E-state index >= 15 is 0 Å². The quantitative estimate of drug-likeness (QED) is 0.808. The SMILES string of the molecule is Cc1ccc(N2CC(C(=O)N3CCN(C(C)C(=O)NC4CC4)CC3)CC2=O)cc1. The number of nitrogens with one attached hydrogen (secondary N) is 1. The first kappa shape index (κ1) is 19.9. The van der Waals surface area contributed by atoms with Crippen LogP contribution in [0.5, 0.6) is 0 Å². The second-order valence-electron chi connectivity index (χ2n) is 8.56. The number of anilines is 1. The normalized spacial score (nSPS) is 23.9. The molecule has 1 aromatic rings. The van der Waals surface area contributed by atoms with Crippen LogP contribution in [-0.2, 0) is 14.4 Å². The molecule has 0 bridgehead atoms. The van der Waals surface area contributed by atoms with Crippen molar-refractivity contribution in [3.63, 3.8) is 0 Å². The maximum atomic E-state index is 13.0. The smallest absolute Gasteiger partial charge is 0.237 e. The molecule has 3 fully saturated rings. The molecule has 2 unspecified atom stereocenters. The van der Waals surface area contributed by atoms with E-state index in [1.165, 1.54) is 0 Å². The first-order valence-corrected chi connectivity index (χ1v) is 10.6. The monoisotopic (exact) mass is 398 g/mol. The minimum absolute atomic E-state index is 0.0104. The number of hydrogen-bond donors (Lipinski definition) is 1. The first-order chi connectivity index (χ1) is 13.9. The van der Waals surface area contributed by atoms with Crippen LogP contribution in [-0.4, -0.2) is 72.3 Å². The number of piperazine rings is 1. The number of carbonyl (C=O) groups is 3. The maximum absolute atomic E-state index is 13.0. The lowest BCUT2D eigenvalue weighted by atomic mass is 10.1. The summed E-state index contributed by atoms with van der Waals surface area (Å²) in [7, 11) is 0. The van der Waals surface area contributed by atoms with Crippen molar-refractivity contribution in [1.82, 2.24) is 15.1 Å². The fraction of sp³-hybridized carbons (Fsp3) is 0.591. The van der Waals surface area contributed by atoms with Crippen molar-refractivity contribution in [3.8, 4) is 0 Å². The van der Waals surface area contributed by atoms with Gasteiger partial charge in [-0.1, -0.05) is 17.7 Å². The number of carbonyl (C=O) groups excluding carboxylic acids is 3. The predicted molar refractivity (Wildman–Crippen MR) is 110 cm³/mol. The summed E-state index contributed by atoms with van der Waals surface area (Å²) in [5, 5.41) is 3.05. The first-order valence-electron chi connectivity index (χ1n) is 10.6. The van der Waals surface area contributed by atoms with Gasteiger partial charge in [-0.25, -0.2) is 0 Å². The van der Waals surface area contributed by atoms with Gasteiger partial charge in [-0.3, -0.25) is 19.3 Å². The van der Waals surface area contributed by atoms with Gasteiger partial charge in [-0.15, -0.1) is 0 Å². The lowest BCUT2D eigenvalue weighted by molar-refractivity contribution is -0.138. The molecule has 3 amide bonds. The van der Waals surface area contributed by atoms with Crippen LogP contribution in [0.1, 0.15) is 31.7 Å². The van der Waals surface area contributed by atoms with E-state index in [2.05, 4.69) is 10.2 Å². The van der Waals surface area contributed by atoms with Gasteiger partial charge in [-0.2, -0.15) is 0 Å². The van der Waals surface area contributed by atoms with Gasteiger partial charge in [0, 0.05) is 50.9 Å². The number of aryl methyl sites for hydroxylation is 1. The number of hydrogen-bond acceptors (Lipinski definition) is 4. The molecule has 2 atom stereocenters. The van der Waals surface area contributed by atoms with Crippen LogP contribution in [0.4, 0.5) is 5.69 Å². The molecule has 1 saturated carbocycles. The van der Waals surface area contributed by atoms with Gasteiger partial charge in [0.1, 0.15) is 0 Å². The molecular weight excluding hydrogens is 368 g/mol. The summed E-state index contributed by atoms with van der Waals surface area (Å²) >= 11 is 0. The highest BCUT2D eigenvalue weighted by Gasteiger charge is 2.38. The average Bonchev–Trinajstić information content (AvgIpc) is 3.46. The third-order valence-electron chi connectivity index (χ3n) is 6.30. The van der Waals surface area contributed by atoms with Gasteiger partial charge in [-0.05, 0) is 38.8 Å². The van der Waals surface area contributed by atoms with E-state index in [1.807, 2.05) is 43.0 Å². The summed E-state index contributed by atoms with van der Waals surface area (Å²) in [5.41, 5.74) is 2.00. The largest absolute Gasteiger partial charge is 0.352 e. The predicted octanol–water partition coefficient (Wildman–Crippen LogP) is 1.16. The van der Waals surface area contributed by atoms with E-state index < -0.39 is 0 Å². The van der Waals surface area contributed by atoms with E-state index in [1.54, 1.807) is 4.90 Å². The highest BCUT2D eigenvalue weighted by molar-refractivity contribution is 6.00. The van der Waals surface area contributed by atoms with Gasteiger partial charge >= 0.3 is 0 Å². The molecule has 1 aromatic carbocycles. The molecule has 4 rings (SSSR count). The van der Waals surface area contributed by atoms with Crippen molar-refractivity contribution >= 4 is 23.4 Å². The molecule has 7 heteroatoms. The Morgan fingerprint density at radius 3 is 2.34 bits per heavy atom. The third-order valence-corrected chi connectivity index (χ3v) is 6.30. The van der Waals surface area contributed by atoms with Gasteiger partial charge in [0.2, 0.25) is 17.7 Å². The van der Waals surface area contributed by atoms with E-state index in [0.29, 0.717) is 38.8 Å². The standard InChI is InChI=1S/C22H30N4O3/c1-15-3-7-19(8-4-15)26-14-17(13-20(26)27)22(29)25-11-9-24(10-12-25)16(2)21(28)23-18-5-6-18/h3-4,7-8,16-18H,5-6,9-14H2,1-2H3,(H,23,28). The molecule has 1 aliphatic carbocycles. The Morgan fingerprint density at radius 1 is 1.07 bits per heavy atom. The average molecular weight is 399 g/mol. The Bertz CT molecular complexity index is 782. The van der Waals surface area contributed by atoms with E-state index in [4.69, 9.17) is 0 Å². The van der Waals surface area contributed by atoms with Crippen LogP contribution in [0, 0.1) is 12.8 Å². The van der Waals surface area contributed by atoms with Crippen molar-refractivity contribution < 1.29 is 14.4 Å². The van der Waals surface area contributed by atoms with Crippen molar-refractivity contribution in [2.45, 2.75) is 45.2 Å². The Labute approximate surface area is 172 Å². The summed E-state index contributed by atoms with van der Waals surface area (Å²) in [6, 6.07) is 8.04. The van der Waals surface area contributed by atoms with Gasteiger partial charge in [0.05, 0.1) is 12.0 Å². The van der Waals surface area contributed by atoms with Gasteiger partial charge < -0.3 is 15.1 Å². The van der Waals surface area contributed by atoms with E-state index in [9.17, 15) is 14.4 Å². The van der Waals surface area contributed by atoms with Crippen LogP contribution in [0.2, 0.25) is 0 Å². The van der Waals surface area contributed by atoms with Crippen LogP contribution < -0.4 is 10.2 Å². The molecule has 2 saturated heterocycles. The fourth-order valence-electron chi connectivity index (χ4n) is 4.15. The molecule has 2 heterocycles. The zero-order chi connectivity index (χ0) is 20.5. The number of amides is 3. The van der Waals surface area contributed by atoms with E-state index in [-0.39, 0.29) is 36.1 Å². The second kappa shape index (κ2) is 8.14. The Kier molecular flexibility index (Phi) is 5.58. The summed E-state index contributed by atoms with van der Waals surface area (Å²) in [5.74, 6) is -0.132. The number of benzene rings is 1. The molecule has 2 aliphatic heterocycles. The summed E-state index contributed by atoms with van der Waals surface area (Å²) in [6.07, 6.45) is 2.44. The number of rotatable bonds is 5. The van der Waals surface area contributed by atoms with Crippen LogP contribution in [0.25, 0.3) is 0 Å². The molecular formula is C22H30N4O3. The Morgan fingerprint density at radius 2 is 1.72 bits per heavy atom. The highest BCUT2D eigenvalue weighted by Crippen LogP contribution is 2.27. The molecule has 3 aliphatic rings. The Balaban J connectivity index is 1.30. The topological polar surface area (TPSA) is 73.0 Å². The summed E-state index contributed by atoms with van der Waals surface area (Å²) in [6.45, 7) is 6.98. The summed E-state index contributed by atoms with van der Waals surface area (Å²) < 4.78 is 0. The Hall–Kier alpha value is -2.41. The van der Waals surface area contributed by atoms with Crippen molar-refractivity contribution in [2.24, 2.45) is 5.92 Å². The molecule has 1 N–H and O–H groups in total. The van der Waals surface area contributed by atoms with Crippen LogP contribution >= 0.6 is 0 Å². The highest BCUT2D eigenvalue weighted by atomic mass is 16.2. The molecule has 156 valence electrons. The minimum Gasteiger partial charge on any atom is -0.352 e. The van der Waals surface area contributed by atoms with Crippen LogP contribution in [0.15, 0.2) is 24.3 Å². The molecule has 29 heavy (non-hydrogen) atoms. The van der Waals surface area contributed by atoms with Crippen molar-refractivity contribution in [3.05, 3.63) is 29.8 Å². The van der Waals surface area contributed by atoms with Crippen LogP contribution in [0.3, 0.4) is 0 Å². The molecule has 0 radical (unpaired) electrons.